The molecule has 1 aromatic rings. The maximum Gasteiger partial charge on any atom is 0.246 e. The lowest BCUT2D eigenvalue weighted by Crippen LogP contribution is -2.56. The summed E-state index contributed by atoms with van der Waals surface area (Å²) in [5, 5.41) is 18.9. The van der Waals surface area contributed by atoms with Crippen molar-refractivity contribution in [2.75, 3.05) is 25.5 Å². The predicted molar refractivity (Wildman–Crippen MR) is 123 cm³/mol. The number of nitrogens with zero attached hydrogens (tertiary/aromatic N) is 2. The van der Waals surface area contributed by atoms with E-state index in [1.165, 1.54) is 19.3 Å². The van der Waals surface area contributed by atoms with Crippen LogP contribution in [-0.2, 0) is 4.79 Å². The monoisotopic (exact) mass is 501 g/mol. The molecule has 8 heteroatoms. The van der Waals surface area contributed by atoms with Gasteiger partial charge >= 0.3 is 0 Å². The molecule has 4 N–H and O–H groups in total. The van der Waals surface area contributed by atoms with Gasteiger partial charge in [-0.1, -0.05) is 6.42 Å². The number of benzene rings is 1. The molecule has 0 radical (unpaired) electrons. The first kappa shape index (κ1) is 22.7. The maximum atomic E-state index is 12.2. The zero-order chi connectivity index (χ0) is 19.2. The highest BCUT2D eigenvalue weighted by molar-refractivity contribution is 14.0. The van der Waals surface area contributed by atoms with Crippen LogP contribution in [0.3, 0.4) is 0 Å². The molecule has 2 unspecified atom stereocenters. The van der Waals surface area contributed by atoms with Gasteiger partial charge in [-0.3, -0.25) is 4.79 Å². The molecule has 156 valence electrons. The minimum atomic E-state index is -0.182. The van der Waals surface area contributed by atoms with Gasteiger partial charge in [0, 0.05) is 30.4 Å². The smallest absolute Gasteiger partial charge is 0.246 e. The third-order valence-corrected chi connectivity index (χ3v) is 5.56. The average molecular weight is 501 g/mol. The Hall–Kier alpha value is -1.55. The fraction of sp³-hybridized carbons (Fsp3) is 0.600. The quantitative estimate of drug-likeness (QED) is 0.216. The number of hydrogen-bond acceptors (Lipinski definition) is 4. The Labute approximate surface area is 184 Å². The van der Waals surface area contributed by atoms with Gasteiger partial charge in [0.15, 0.2) is 5.96 Å². The molecule has 1 amide bonds. The number of halogens is 1. The number of piperidine rings is 2. The second kappa shape index (κ2) is 10.8. The topological polar surface area (TPSA) is 89.0 Å². The van der Waals surface area contributed by atoms with E-state index in [4.69, 9.17) is 0 Å². The SMILES string of the molecule is CCNC(=NCC(=O)Nc1ccc(O)cc1)NC1CC2CCCC(C1)N2C.I. The van der Waals surface area contributed by atoms with E-state index in [0.29, 0.717) is 29.8 Å². The van der Waals surface area contributed by atoms with Crippen molar-refractivity contribution in [2.45, 2.75) is 57.2 Å². The molecule has 28 heavy (non-hydrogen) atoms. The first-order valence-electron chi connectivity index (χ1n) is 9.90. The lowest BCUT2D eigenvalue weighted by atomic mass is 9.82. The summed E-state index contributed by atoms with van der Waals surface area (Å²) in [6, 6.07) is 8.11. The molecule has 2 atom stereocenters. The Kier molecular flexibility index (Phi) is 8.81. The first-order valence-corrected chi connectivity index (χ1v) is 9.90. The molecule has 2 bridgehead atoms. The zero-order valence-electron chi connectivity index (χ0n) is 16.6. The van der Waals surface area contributed by atoms with Gasteiger partial charge in [0.2, 0.25) is 5.91 Å². The molecule has 0 aliphatic carbocycles. The Balaban J connectivity index is 0.00000280. The van der Waals surface area contributed by atoms with Crippen LogP contribution in [0, 0.1) is 0 Å². The summed E-state index contributed by atoms with van der Waals surface area (Å²) >= 11 is 0. The van der Waals surface area contributed by atoms with Crippen LogP contribution >= 0.6 is 24.0 Å². The number of guanidine groups is 1. The number of carbonyl (C=O) groups is 1. The molecule has 2 heterocycles. The second-order valence-corrected chi connectivity index (χ2v) is 7.51. The Morgan fingerprint density at radius 1 is 1.21 bits per heavy atom. The number of phenolic OH excluding ortho intramolecular Hbond substituents is 1. The molecule has 0 saturated carbocycles. The summed E-state index contributed by atoms with van der Waals surface area (Å²) in [4.78, 5) is 19.2. The molecule has 2 saturated heterocycles. The molecular weight excluding hydrogens is 469 g/mol. The molecule has 2 aliphatic rings. The minimum absolute atomic E-state index is 0. The highest BCUT2D eigenvalue weighted by atomic mass is 127. The van der Waals surface area contributed by atoms with Crippen LogP contribution in [0.15, 0.2) is 29.3 Å². The van der Waals surface area contributed by atoms with Gasteiger partial charge in [-0.05, 0) is 63.9 Å². The number of aliphatic imine (C=N–C) groups is 1. The lowest BCUT2D eigenvalue weighted by molar-refractivity contribution is -0.114. The van der Waals surface area contributed by atoms with Crippen LogP contribution in [0.5, 0.6) is 5.75 Å². The van der Waals surface area contributed by atoms with Gasteiger partial charge in [0.1, 0.15) is 12.3 Å². The average Bonchev–Trinajstić information content (AvgIpc) is 2.63. The third-order valence-electron chi connectivity index (χ3n) is 5.56. The first-order chi connectivity index (χ1) is 13.0. The molecule has 2 aliphatic heterocycles. The number of amides is 1. The standard InChI is InChI=1S/C20H31N5O2.HI/c1-3-21-20(22-13-19(27)23-14-7-9-18(26)10-8-14)24-15-11-16-5-4-6-17(12-15)25(16)2;/h7-10,15-17,26H,3-6,11-13H2,1-2H3,(H,23,27)(H2,21,22,24);1H. The molecule has 2 fully saturated rings. The molecule has 0 spiro atoms. The van der Waals surface area contributed by atoms with Crippen molar-refractivity contribution >= 4 is 41.5 Å². The zero-order valence-corrected chi connectivity index (χ0v) is 19.0. The van der Waals surface area contributed by atoms with Gasteiger partial charge in [-0.15, -0.1) is 24.0 Å². The van der Waals surface area contributed by atoms with Crippen molar-refractivity contribution in [3.8, 4) is 5.75 Å². The van der Waals surface area contributed by atoms with Gasteiger partial charge in [-0.2, -0.15) is 0 Å². The fourth-order valence-corrected chi connectivity index (χ4v) is 4.14. The molecule has 7 nitrogen and oxygen atoms in total. The Morgan fingerprint density at radius 3 is 2.46 bits per heavy atom. The van der Waals surface area contributed by atoms with E-state index in [2.05, 4.69) is 32.9 Å². The summed E-state index contributed by atoms with van der Waals surface area (Å²) in [7, 11) is 2.25. The predicted octanol–water partition coefficient (Wildman–Crippen LogP) is 2.52. The van der Waals surface area contributed by atoms with Crippen LogP contribution in [0.2, 0.25) is 0 Å². The van der Waals surface area contributed by atoms with Crippen LogP contribution in [0.4, 0.5) is 5.69 Å². The Bertz CT molecular complexity index is 653. The number of phenols is 1. The van der Waals surface area contributed by atoms with E-state index >= 15 is 0 Å². The maximum absolute atomic E-state index is 12.2. The van der Waals surface area contributed by atoms with Gasteiger partial charge in [0.25, 0.3) is 0 Å². The van der Waals surface area contributed by atoms with E-state index in [1.54, 1.807) is 24.3 Å². The number of fused-ring (bicyclic) bond motifs is 2. The van der Waals surface area contributed by atoms with E-state index < -0.39 is 0 Å². The fourth-order valence-electron chi connectivity index (χ4n) is 4.14. The molecule has 0 aromatic heterocycles. The molecular formula is C20H32IN5O2. The van der Waals surface area contributed by atoms with Gasteiger partial charge in [0.05, 0.1) is 0 Å². The normalized spacial score (nSPS) is 24.8. The minimum Gasteiger partial charge on any atom is -0.508 e. The number of aromatic hydroxyl groups is 1. The molecule has 1 aromatic carbocycles. The summed E-state index contributed by atoms with van der Waals surface area (Å²) in [6.45, 7) is 2.83. The van der Waals surface area contributed by atoms with E-state index in [-0.39, 0.29) is 42.2 Å². The van der Waals surface area contributed by atoms with Crippen LogP contribution in [0.25, 0.3) is 0 Å². The summed E-state index contributed by atoms with van der Waals surface area (Å²) < 4.78 is 0. The third kappa shape index (κ3) is 6.23. The van der Waals surface area contributed by atoms with Crippen molar-refractivity contribution < 1.29 is 9.90 Å². The highest BCUT2D eigenvalue weighted by Crippen LogP contribution is 2.32. The molecule has 3 rings (SSSR count). The van der Waals surface area contributed by atoms with Crippen molar-refractivity contribution in [2.24, 2.45) is 4.99 Å². The number of rotatable bonds is 5. The van der Waals surface area contributed by atoms with Crippen molar-refractivity contribution in [3.05, 3.63) is 24.3 Å². The van der Waals surface area contributed by atoms with Crippen LogP contribution < -0.4 is 16.0 Å². The van der Waals surface area contributed by atoms with E-state index in [9.17, 15) is 9.90 Å². The number of hydrogen-bond donors (Lipinski definition) is 4. The number of anilines is 1. The van der Waals surface area contributed by atoms with Crippen molar-refractivity contribution in [1.29, 1.82) is 0 Å². The lowest BCUT2D eigenvalue weighted by Gasteiger charge is -2.47. The van der Waals surface area contributed by atoms with Crippen molar-refractivity contribution in [1.82, 2.24) is 15.5 Å². The van der Waals surface area contributed by atoms with Crippen LogP contribution in [-0.4, -0.2) is 60.1 Å². The largest absolute Gasteiger partial charge is 0.508 e. The van der Waals surface area contributed by atoms with Gasteiger partial charge < -0.3 is 26.0 Å². The summed E-state index contributed by atoms with van der Waals surface area (Å²) in [5.41, 5.74) is 0.647. The Morgan fingerprint density at radius 2 is 1.86 bits per heavy atom. The van der Waals surface area contributed by atoms with Crippen molar-refractivity contribution in [3.63, 3.8) is 0 Å². The number of carbonyl (C=O) groups excluding carboxylic acids is 1. The summed E-state index contributed by atoms with van der Waals surface area (Å²) in [5.74, 6) is 0.691. The van der Waals surface area contributed by atoms with Crippen LogP contribution in [0.1, 0.15) is 39.0 Å². The highest BCUT2D eigenvalue weighted by Gasteiger charge is 2.36. The second-order valence-electron chi connectivity index (χ2n) is 7.51. The van der Waals surface area contributed by atoms with Gasteiger partial charge in [-0.25, -0.2) is 4.99 Å². The van der Waals surface area contributed by atoms with E-state index in [1.807, 2.05) is 6.92 Å². The number of nitrogens with one attached hydrogen (secondary N) is 3. The van der Waals surface area contributed by atoms with E-state index in [0.717, 1.165) is 19.4 Å². The summed E-state index contributed by atoms with van der Waals surface area (Å²) in [6.07, 6.45) is 6.12.